The van der Waals surface area contributed by atoms with Gasteiger partial charge in [-0.3, -0.25) is 9.59 Å². The summed E-state index contributed by atoms with van der Waals surface area (Å²) in [5.41, 5.74) is -0.544. The van der Waals surface area contributed by atoms with Gasteiger partial charge < -0.3 is 49.2 Å². The second kappa shape index (κ2) is 20.9. The number of hydrogen-bond acceptors (Lipinski definition) is 17. The van der Waals surface area contributed by atoms with Gasteiger partial charge in [0.25, 0.3) is 0 Å². The van der Waals surface area contributed by atoms with Gasteiger partial charge in [-0.25, -0.2) is 37.4 Å². The molecule has 20 nitrogen and oxygen atoms in total. The van der Waals surface area contributed by atoms with Crippen LogP contribution in [0.5, 0.6) is 11.5 Å². The van der Waals surface area contributed by atoms with E-state index in [9.17, 15) is 33.1 Å². The Hall–Kier alpha value is -6.82. The number of aromatic nitrogens is 6. The number of aliphatic carboxylic acids is 1. The van der Waals surface area contributed by atoms with Gasteiger partial charge in [0.15, 0.2) is 0 Å². The van der Waals surface area contributed by atoms with Gasteiger partial charge in [0.1, 0.15) is 34.3 Å². The number of methoxy groups -OCH3 is 3. The number of carboxylic acids is 1. The van der Waals surface area contributed by atoms with Crippen LogP contribution in [0.4, 0.5) is 28.6 Å². The van der Waals surface area contributed by atoms with Crippen molar-refractivity contribution < 1.29 is 56.7 Å². The van der Waals surface area contributed by atoms with Gasteiger partial charge in [0.05, 0.1) is 55.9 Å². The number of halogens is 2. The molecule has 24 heteroatoms. The number of ether oxygens (including phenoxy) is 5. The van der Waals surface area contributed by atoms with Crippen LogP contribution in [-0.2, 0) is 23.8 Å². The molecule has 71 heavy (non-hydrogen) atoms. The molecule has 0 radical (unpaired) electrons. The third-order valence-electron chi connectivity index (χ3n) is 12.0. The maximum Gasteiger partial charge on any atom is 0.407 e. The maximum absolute atomic E-state index is 13.7. The van der Waals surface area contributed by atoms with Crippen molar-refractivity contribution in [2.75, 3.05) is 70.4 Å². The van der Waals surface area contributed by atoms with Crippen molar-refractivity contribution in [1.29, 1.82) is 0 Å². The fourth-order valence-electron chi connectivity index (χ4n) is 8.24. The summed E-state index contributed by atoms with van der Waals surface area (Å²) in [4.78, 5) is 63.4. The molecule has 382 valence electrons. The zero-order chi connectivity index (χ0) is 51.5. The minimum atomic E-state index is -1.09. The largest absolute Gasteiger partial charge is 0.496 e. The topological polar surface area (TPSA) is 226 Å². The predicted molar refractivity (Wildman–Crippen MR) is 262 cm³/mol. The molecule has 2 fully saturated rings. The van der Waals surface area contributed by atoms with Crippen LogP contribution in [0.15, 0.2) is 48.8 Å². The summed E-state index contributed by atoms with van der Waals surface area (Å²) < 4.78 is 57.0. The minimum absolute atomic E-state index is 0.0131. The molecule has 2 aliphatic rings. The Morgan fingerprint density at radius 3 is 1.42 bits per heavy atom. The van der Waals surface area contributed by atoms with Gasteiger partial charge in [-0.1, -0.05) is 22.7 Å². The number of carbonyl (C=O) groups excluding carboxylic acids is 3. The van der Waals surface area contributed by atoms with Gasteiger partial charge in [-0.2, -0.15) is 0 Å². The molecule has 3 N–H and O–H groups in total. The van der Waals surface area contributed by atoms with Crippen LogP contribution < -0.4 is 29.9 Å². The molecule has 8 rings (SSSR count). The van der Waals surface area contributed by atoms with Crippen molar-refractivity contribution in [1.82, 2.24) is 39.8 Å². The smallest absolute Gasteiger partial charge is 0.407 e. The molecular weight excluding hydrogens is 967 g/mol. The minimum Gasteiger partial charge on any atom is -0.496 e. The van der Waals surface area contributed by atoms with Crippen LogP contribution >= 0.6 is 22.7 Å². The van der Waals surface area contributed by atoms with Crippen molar-refractivity contribution in [3.05, 3.63) is 60.4 Å². The number of piperidine rings is 2. The third kappa shape index (κ3) is 11.9. The zero-order valence-electron chi connectivity index (χ0n) is 41.0. The summed E-state index contributed by atoms with van der Waals surface area (Å²) in [6.07, 6.45) is 3.73. The third-order valence-corrected chi connectivity index (χ3v) is 14.0. The number of alkyl carbamates (subject to hydrolysis) is 2. The van der Waals surface area contributed by atoms with E-state index in [1.165, 1.54) is 68.3 Å². The highest BCUT2D eigenvalue weighted by Crippen LogP contribution is 2.40. The first kappa shape index (κ1) is 52.0. The number of benzene rings is 2. The Balaban J connectivity index is 0.000000209. The SMILES string of the molecule is COC(=O)C1(CNC(=O)OC(C)(C)C)CCN(c2nn3c(-c4ccc(F)cc4OC)cnc3s2)CC1.COc1cc(F)ccc1-c1cnc2sc(N3CCC(CNC(=O)OC(C)(C)C)(C(=O)O)CC3)nn12. The van der Waals surface area contributed by atoms with Crippen LogP contribution in [-0.4, -0.2) is 130 Å². The molecule has 2 amide bonds. The number of nitrogens with zero attached hydrogens (tertiary/aromatic N) is 8. The van der Waals surface area contributed by atoms with E-state index in [1.807, 2.05) is 4.90 Å². The van der Waals surface area contributed by atoms with Crippen LogP contribution in [0, 0.1) is 22.5 Å². The number of fused-ring (bicyclic) bond motifs is 2. The number of carboxylic acid groups (broad SMARTS) is 1. The van der Waals surface area contributed by atoms with E-state index >= 15 is 0 Å². The monoisotopic (exact) mass is 1020 g/mol. The number of imidazole rings is 2. The number of nitrogens with one attached hydrogen (secondary N) is 2. The van der Waals surface area contributed by atoms with Crippen LogP contribution in [0.2, 0.25) is 0 Å². The Bertz CT molecular complexity index is 2890. The lowest BCUT2D eigenvalue weighted by Gasteiger charge is -2.39. The number of rotatable bonds is 12. The number of esters is 1. The van der Waals surface area contributed by atoms with Gasteiger partial charge >= 0.3 is 24.1 Å². The highest BCUT2D eigenvalue weighted by Gasteiger charge is 2.45. The maximum atomic E-state index is 13.7. The molecule has 4 aromatic heterocycles. The van der Waals surface area contributed by atoms with Crippen molar-refractivity contribution in [2.45, 2.75) is 78.4 Å². The summed E-state index contributed by atoms with van der Waals surface area (Å²) in [6, 6.07) is 8.61. The highest BCUT2D eigenvalue weighted by atomic mass is 32.1. The fourth-order valence-corrected chi connectivity index (χ4v) is 10.1. The van der Waals surface area contributed by atoms with E-state index in [-0.39, 0.29) is 24.9 Å². The first-order valence-corrected chi connectivity index (χ1v) is 24.3. The second-order valence-corrected chi connectivity index (χ2v) is 21.0. The van der Waals surface area contributed by atoms with E-state index in [0.29, 0.717) is 101 Å². The summed E-state index contributed by atoms with van der Waals surface area (Å²) >= 11 is 2.80. The first-order valence-electron chi connectivity index (χ1n) is 22.7. The lowest BCUT2D eigenvalue weighted by Crippen LogP contribution is -2.51. The Kier molecular flexibility index (Phi) is 15.3. The van der Waals surface area contributed by atoms with Crippen molar-refractivity contribution >= 4 is 67.0 Å². The van der Waals surface area contributed by atoms with E-state index < -0.39 is 46.0 Å². The molecule has 0 atom stereocenters. The van der Waals surface area contributed by atoms with Crippen molar-refractivity contribution in [3.63, 3.8) is 0 Å². The summed E-state index contributed by atoms with van der Waals surface area (Å²) in [7, 11) is 4.32. The molecule has 0 spiro atoms. The zero-order valence-corrected chi connectivity index (χ0v) is 42.6. The fraction of sp³-hybridized carbons (Fsp3) is 0.489. The molecule has 6 heterocycles. The first-order chi connectivity index (χ1) is 33.6. The Morgan fingerprint density at radius 2 is 1.06 bits per heavy atom. The molecule has 2 aliphatic heterocycles. The second-order valence-electron chi connectivity index (χ2n) is 19.2. The molecular formula is C47H58F2N10O10S2. The van der Waals surface area contributed by atoms with Gasteiger partial charge in [-0.05, 0) is 91.5 Å². The average Bonchev–Trinajstić information content (AvgIpc) is 4.12. The molecule has 0 unspecified atom stereocenters. The van der Waals surface area contributed by atoms with Gasteiger partial charge in [-0.15, -0.1) is 10.2 Å². The number of anilines is 2. The van der Waals surface area contributed by atoms with Crippen LogP contribution in [0.3, 0.4) is 0 Å². The number of carbonyl (C=O) groups is 4. The number of hydrogen-bond donors (Lipinski definition) is 3. The van der Waals surface area contributed by atoms with Crippen molar-refractivity contribution in [3.8, 4) is 34.0 Å². The van der Waals surface area contributed by atoms with E-state index in [0.717, 1.165) is 5.13 Å². The average molecular weight is 1030 g/mol. The van der Waals surface area contributed by atoms with E-state index in [1.54, 1.807) is 75.1 Å². The standard InChI is InChI=1S/C24H30FN5O5S.C23H28FN5O5S/c1-23(2,3)35-22(32)27-14-24(19(31)34-5)8-10-29(11-9-24)21-28-30-17(13-26-20(30)36-21)16-7-6-15(25)12-18(16)33-4;1-22(2,3)34-21(32)26-13-23(18(30)31)7-9-28(10-8-23)20-27-29-16(12-25-19(29)35-20)15-6-5-14(24)11-17(15)33-4/h6-7,12-13H,8-11,14H2,1-5H3,(H,27,32);5-6,11-12H,7-10,13H2,1-4H3,(H,26,32)(H,30,31). The van der Waals surface area contributed by atoms with E-state index in [2.05, 4.69) is 30.6 Å². The summed E-state index contributed by atoms with van der Waals surface area (Å²) in [6.45, 7) is 12.7. The van der Waals surface area contributed by atoms with Gasteiger partial charge in [0, 0.05) is 62.5 Å². The molecule has 6 aromatic rings. The molecule has 0 saturated carbocycles. The van der Waals surface area contributed by atoms with E-state index in [4.69, 9.17) is 28.8 Å². The molecule has 0 aliphatic carbocycles. The quantitative estimate of drug-likeness (QED) is 0.0789. The molecule has 2 aromatic carbocycles. The Labute approximate surface area is 416 Å². The predicted octanol–water partition coefficient (Wildman–Crippen LogP) is 7.69. The van der Waals surface area contributed by atoms with Crippen LogP contribution in [0.1, 0.15) is 67.2 Å². The van der Waals surface area contributed by atoms with Gasteiger partial charge in [0.2, 0.25) is 20.2 Å². The highest BCUT2D eigenvalue weighted by molar-refractivity contribution is 7.20. The lowest BCUT2D eigenvalue weighted by molar-refractivity contribution is -0.154. The summed E-state index contributed by atoms with van der Waals surface area (Å²) in [5.74, 6) is -1.33. The molecule has 2 saturated heterocycles. The lowest BCUT2D eigenvalue weighted by atomic mass is 9.78. The Morgan fingerprint density at radius 1 is 0.662 bits per heavy atom. The normalized spacial score (nSPS) is 15.6. The number of amides is 2. The summed E-state index contributed by atoms with van der Waals surface area (Å²) in [5, 5.41) is 26.2. The molecule has 0 bridgehead atoms. The van der Waals surface area contributed by atoms with Crippen molar-refractivity contribution in [2.24, 2.45) is 10.8 Å². The van der Waals surface area contributed by atoms with Crippen LogP contribution in [0.25, 0.3) is 32.4 Å².